The smallest absolute Gasteiger partial charge is 0.260 e. The van der Waals surface area contributed by atoms with E-state index in [1.165, 1.54) is 0 Å². The molecule has 3 amide bonds. The van der Waals surface area contributed by atoms with Crippen LogP contribution in [0.1, 0.15) is 11.1 Å². The Balaban J connectivity index is 1.56. The number of imide groups is 1. The van der Waals surface area contributed by atoms with Crippen molar-refractivity contribution >= 4 is 190 Å². The zero-order valence-electron chi connectivity index (χ0n) is 29.1. The van der Waals surface area contributed by atoms with Crippen LogP contribution in [0.5, 0.6) is 0 Å². The highest BCUT2D eigenvalue weighted by Gasteiger charge is 2.73. The summed E-state index contributed by atoms with van der Waals surface area (Å²) in [6, 6.07) is -2.03. The molecule has 4 unspecified atom stereocenters. The monoisotopic (exact) mass is 698 g/mol. The topological polar surface area (TPSA) is 131 Å². The minimum absolute atomic E-state index is 0.399. The Morgan fingerprint density at radius 1 is 0.946 bits per heavy atom. The van der Waals surface area contributed by atoms with Crippen LogP contribution in [0.25, 0.3) is 0 Å². The number of piperidine rings is 1. The maximum absolute atomic E-state index is 17.1. The first-order valence-corrected chi connectivity index (χ1v) is 15.8. The van der Waals surface area contributed by atoms with Crippen LogP contribution in [0.4, 0.5) is 4.39 Å². The number of nitrogens with one attached hydrogen (secondary N) is 2. The molecular weight excluding hydrogens is 688 g/mol. The average Bonchev–Trinajstić information content (AvgIpc) is 3.39. The molecule has 38 radical (unpaired) electrons. The summed E-state index contributed by atoms with van der Waals surface area (Å²) in [4.78, 5) is 40.9. The molecule has 230 valence electrons. The molecule has 31 heteroatoms. The van der Waals surface area contributed by atoms with Crippen molar-refractivity contribution in [2.24, 2.45) is 0 Å². The number of carbonyl (C=O) groups is 3. The van der Waals surface area contributed by atoms with Crippen LogP contribution in [0, 0.1) is 5.82 Å². The summed E-state index contributed by atoms with van der Waals surface area (Å²) in [5.41, 5.74) is -9.91. The number of carbonyl (C=O) groups excluding carboxylic acids is 3. The molecule has 4 saturated heterocycles. The number of halogens is 1. The van der Waals surface area contributed by atoms with E-state index in [2.05, 4.69) is 11.9 Å². The molecule has 1 aromatic carbocycles. The van der Waals surface area contributed by atoms with Gasteiger partial charge in [0.2, 0.25) is 11.8 Å². The molecule has 0 saturated carbocycles. The molecule has 0 spiro atoms. The Kier molecular flexibility index (Phi) is 9.42. The van der Waals surface area contributed by atoms with E-state index in [0.717, 1.165) is 7.28 Å². The van der Waals surface area contributed by atoms with Crippen molar-refractivity contribution in [1.29, 1.82) is 0 Å². The number of hydrogen-bond donors (Lipinski definition) is 4. The lowest BCUT2D eigenvalue weighted by Gasteiger charge is -2.76. The lowest BCUT2D eigenvalue weighted by Crippen LogP contribution is -2.92. The molecular formula is C25H7B20FN4O6. The summed E-state index contributed by atoms with van der Waals surface area (Å²) in [5, 5.41) is 6.06. The van der Waals surface area contributed by atoms with Gasteiger partial charge in [-0.2, -0.15) is 0 Å². The van der Waals surface area contributed by atoms with Gasteiger partial charge in [-0.1, -0.05) is 21.7 Å². The highest BCUT2D eigenvalue weighted by molar-refractivity contribution is 6.75. The molecule has 10 nitrogen and oxygen atoms in total. The largest absolute Gasteiger partial charge is 0.508 e. The van der Waals surface area contributed by atoms with Gasteiger partial charge in [0.05, 0.1) is 115 Å². The fourth-order valence-electron chi connectivity index (χ4n) is 7.96. The Hall–Kier alpha value is -2.24. The third kappa shape index (κ3) is 5.16. The third-order valence-electron chi connectivity index (χ3n) is 10.7. The SMILES string of the molecule is [B]C(=C)/C(O)=C1/C(=O)N2C3C(=O)NC(=O)C([B])([B])C3([B])[B]C2(O)/C1=C(/[B])NC([B])([B])c1c([B])c([B])c2c(c1F)[B]C1([B])N(C2([B])[B])C([B])([B])C([B])([B])OC1([B])[B]. The quantitative estimate of drug-likeness (QED) is 0.106. The number of aliphatic hydroxyl groups excluding tert-OH is 1. The Labute approximate surface area is 348 Å². The predicted octanol–water partition coefficient (Wildman–Crippen LogP) is -11.8. The van der Waals surface area contributed by atoms with Crippen LogP contribution in [-0.4, -0.2) is 227 Å². The van der Waals surface area contributed by atoms with Crippen molar-refractivity contribution in [3.8, 4) is 0 Å². The molecule has 0 bridgehead atoms. The lowest BCUT2D eigenvalue weighted by molar-refractivity contribution is -0.149. The maximum Gasteiger partial charge on any atom is 0.260 e. The van der Waals surface area contributed by atoms with E-state index in [1.54, 1.807) is 0 Å². The highest BCUT2D eigenvalue weighted by Crippen LogP contribution is 2.62. The molecule has 5 aliphatic rings. The van der Waals surface area contributed by atoms with Gasteiger partial charge in [0.15, 0.2) is 14.6 Å². The van der Waals surface area contributed by atoms with Gasteiger partial charge in [-0.3, -0.25) is 19.7 Å². The molecule has 1 aromatic rings. The van der Waals surface area contributed by atoms with Crippen molar-refractivity contribution in [3.05, 3.63) is 51.5 Å². The maximum atomic E-state index is 17.1. The van der Waals surface area contributed by atoms with Crippen molar-refractivity contribution in [1.82, 2.24) is 20.4 Å². The summed E-state index contributed by atoms with van der Waals surface area (Å²) in [5.74, 6) is -6.46. The standard InChI is InChI=1S/C25H7B20FN4O6/c1-2(26)11(51)3-4(21(55)45-18(32)12(49(21)15(3)53)14(52)47-16(54)17(18,30)31)13(29)48-19(33,34)6-8(28)7(27)5-9(10(6)46)44-25(43)24(41,42)56-23(39,40)22(37,38)50(25)20(5,35)36/h12,48,51,55H,1H2,(H,47,52,54)/b11-3-,13-4-. The predicted molar refractivity (Wildman–Crippen MR) is 221 cm³/mol. The van der Waals surface area contributed by atoms with Crippen LogP contribution < -0.4 is 27.0 Å². The first kappa shape index (κ1) is 43.3. The number of fused-ring (bicyclic) bond motifs is 5. The van der Waals surface area contributed by atoms with E-state index in [4.69, 9.17) is 146 Å². The summed E-state index contributed by atoms with van der Waals surface area (Å²) in [6.07, 6.45) is 0. The van der Waals surface area contributed by atoms with Crippen molar-refractivity contribution in [2.45, 2.75) is 54.2 Å². The first-order chi connectivity index (χ1) is 25.0. The van der Waals surface area contributed by atoms with Crippen LogP contribution in [-0.2, 0) is 29.8 Å². The number of rotatable bonds is 4. The van der Waals surface area contributed by atoms with Gasteiger partial charge in [0.25, 0.3) is 5.91 Å². The van der Waals surface area contributed by atoms with E-state index in [9.17, 15) is 24.6 Å². The van der Waals surface area contributed by atoms with Gasteiger partial charge < -0.3 is 30.1 Å². The van der Waals surface area contributed by atoms with Gasteiger partial charge >= 0.3 is 0 Å². The normalized spacial score (nSPS) is 33.6. The fourth-order valence-corrected chi connectivity index (χ4v) is 7.96. The second-order valence-corrected chi connectivity index (χ2v) is 14.5. The second-order valence-electron chi connectivity index (χ2n) is 14.5. The van der Waals surface area contributed by atoms with Crippen LogP contribution in [0.2, 0.25) is 10.4 Å². The minimum Gasteiger partial charge on any atom is -0.508 e. The number of allylic oxidation sites excluding steroid dienone is 1. The third-order valence-corrected chi connectivity index (χ3v) is 10.7. The number of nitrogens with zero attached hydrogens (tertiary/aromatic N) is 2. The van der Waals surface area contributed by atoms with E-state index in [0.29, 0.717) is 17.1 Å². The number of morpholine rings is 1. The molecule has 0 aromatic heterocycles. The number of aliphatic hydroxyl groups is 2. The highest BCUT2D eigenvalue weighted by atomic mass is 19.1. The van der Waals surface area contributed by atoms with E-state index in [-0.39, 0.29) is 0 Å². The number of ether oxygens (including phenoxy) is 1. The summed E-state index contributed by atoms with van der Waals surface area (Å²) in [7, 11) is 114. The molecule has 4 fully saturated rings. The van der Waals surface area contributed by atoms with Crippen molar-refractivity contribution < 1.29 is 33.7 Å². The first-order valence-electron chi connectivity index (χ1n) is 15.8. The Bertz CT molecular complexity index is 2150. The Morgan fingerprint density at radius 3 is 2.04 bits per heavy atom. The van der Waals surface area contributed by atoms with Crippen LogP contribution >= 0.6 is 0 Å². The van der Waals surface area contributed by atoms with E-state index >= 15 is 4.39 Å². The molecule has 56 heavy (non-hydrogen) atoms. The number of hydrogen-bond acceptors (Lipinski definition) is 8. The average molecular weight is 695 g/mol. The summed E-state index contributed by atoms with van der Waals surface area (Å²) < 4.78 is 22.5. The molecule has 5 heterocycles. The molecule has 6 rings (SSSR count). The van der Waals surface area contributed by atoms with Gasteiger partial charge in [-0.05, 0) is 54.0 Å². The molecule has 5 aliphatic heterocycles. The molecule has 0 aliphatic carbocycles. The van der Waals surface area contributed by atoms with Gasteiger partial charge in [0, 0.05) is 5.57 Å². The number of amides is 3. The van der Waals surface area contributed by atoms with Gasteiger partial charge in [0.1, 0.15) is 54.6 Å². The number of benzene rings is 1. The van der Waals surface area contributed by atoms with Crippen molar-refractivity contribution in [2.75, 3.05) is 0 Å². The van der Waals surface area contributed by atoms with Crippen LogP contribution in [0.3, 0.4) is 0 Å². The Morgan fingerprint density at radius 2 is 1.50 bits per heavy atom. The summed E-state index contributed by atoms with van der Waals surface area (Å²) in [6.45, 7) is 3.37. The molecule has 4 N–H and O–H groups in total. The van der Waals surface area contributed by atoms with E-state index in [1.807, 2.05) is 5.32 Å². The minimum atomic E-state index is -2.99. The van der Waals surface area contributed by atoms with Gasteiger partial charge in [-0.15, -0.1) is 12.0 Å². The zero-order chi connectivity index (χ0) is 42.9. The van der Waals surface area contributed by atoms with Crippen LogP contribution in [0.15, 0.2) is 34.6 Å². The lowest BCUT2D eigenvalue weighted by atomic mass is 9.21. The van der Waals surface area contributed by atoms with Gasteiger partial charge in [-0.25, -0.2) is 4.39 Å². The second kappa shape index (κ2) is 12.2. The fraction of sp³-hybridized carbons (Fsp3) is 0.400. The van der Waals surface area contributed by atoms with E-state index < -0.39 is 133 Å². The molecule has 4 atom stereocenters. The van der Waals surface area contributed by atoms with Crippen molar-refractivity contribution in [3.63, 3.8) is 0 Å². The summed E-state index contributed by atoms with van der Waals surface area (Å²) >= 11 is 0. The zero-order valence-corrected chi connectivity index (χ0v) is 29.1.